The fourth-order valence-corrected chi connectivity index (χ4v) is 2.67. The number of carbonyl (C=O) groups excluding carboxylic acids is 2. The van der Waals surface area contributed by atoms with Crippen LogP contribution in [0.4, 0.5) is 0 Å². The van der Waals surface area contributed by atoms with E-state index in [2.05, 4.69) is 15.5 Å². The number of H-pyrrole nitrogens is 1. The van der Waals surface area contributed by atoms with Gasteiger partial charge in [-0.05, 0) is 44.5 Å². The normalized spacial score (nSPS) is 12.4. The van der Waals surface area contributed by atoms with Crippen molar-refractivity contribution in [2.75, 3.05) is 13.4 Å². The molecule has 1 aliphatic rings. The number of carbonyl (C=O) groups is 2. The number of esters is 1. The van der Waals surface area contributed by atoms with Crippen LogP contribution in [-0.2, 0) is 4.74 Å². The SMILES string of the molecule is CCOC(=O)c1c(C)[nH]c(/C=N/NC(=O)c2ccc3c(c2)OCO3)c1C. The van der Waals surface area contributed by atoms with E-state index in [1.807, 2.05) is 0 Å². The summed E-state index contributed by atoms with van der Waals surface area (Å²) in [6, 6.07) is 4.89. The number of aromatic amines is 1. The van der Waals surface area contributed by atoms with Crippen molar-refractivity contribution in [2.45, 2.75) is 20.8 Å². The van der Waals surface area contributed by atoms with Gasteiger partial charge in [0.05, 0.1) is 24.1 Å². The van der Waals surface area contributed by atoms with Gasteiger partial charge in [-0.15, -0.1) is 0 Å². The molecule has 1 aliphatic heterocycles. The van der Waals surface area contributed by atoms with Gasteiger partial charge >= 0.3 is 5.97 Å². The third kappa shape index (κ3) is 3.39. The van der Waals surface area contributed by atoms with Crippen LogP contribution in [0.25, 0.3) is 0 Å². The van der Waals surface area contributed by atoms with Gasteiger partial charge in [-0.1, -0.05) is 0 Å². The Bertz CT molecular complexity index is 885. The lowest BCUT2D eigenvalue weighted by molar-refractivity contribution is 0.0524. The first-order chi connectivity index (χ1) is 12.5. The summed E-state index contributed by atoms with van der Waals surface area (Å²) >= 11 is 0. The molecule has 0 saturated heterocycles. The lowest BCUT2D eigenvalue weighted by Crippen LogP contribution is -2.17. The van der Waals surface area contributed by atoms with E-state index in [4.69, 9.17) is 14.2 Å². The number of aryl methyl sites for hydroxylation is 1. The van der Waals surface area contributed by atoms with E-state index < -0.39 is 0 Å². The molecule has 0 spiro atoms. The second-order valence-corrected chi connectivity index (χ2v) is 5.65. The number of hydrazone groups is 1. The van der Waals surface area contributed by atoms with Crippen LogP contribution in [0.3, 0.4) is 0 Å². The van der Waals surface area contributed by atoms with Gasteiger partial charge in [-0.25, -0.2) is 10.2 Å². The van der Waals surface area contributed by atoms with E-state index in [1.54, 1.807) is 39.0 Å². The molecule has 136 valence electrons. The van der Waals surface area contributed by atoms with Crippen LogP contribution in [0.15, 0.2) is 23.3 Å². The van der Waals surface area contributed by atoms with Crippen molar-refractivity contribution in [2.24, 2.45) is 5.10 Å². The Morgan fingerprint density at radius 3 is 2.85 bits per heavy atom. The Hall–Kier alpha value is -3.29. The molecule has 0 aliphatic carbocycles. The first-order valence-corrected chi connectivity index (χ1v) is 8.10. The molecule has 0 unspecified atom stereocenters. The van der Waals surface area contributed by atoms with Crippen LogP contribution >= 0.6 is 0 Å². The molecular weight excluding hydrogens is 338 g/mol. The zero-order chi connectivity index (χ0) is 18.7. The first kappa shape index (κ1) is 17.5. The Labute approximate surface area is 150 Å². The number of fused-ring (bicyclic) bond motifs is 1. The van der Waals surface area contributed by atoms with Crippen LogP contribution in [0, 0.1) is 13.8 Å². The summed E-state index contributed by atoms with van der Waals surface area (Å²) in [4.78, 5) is 27.2. The van der Waals surface area contributed by atoms with E-state index in [1.165, 1.54) is 6.21 Å². The van der Waals surface area contributed by atoms with Crippen LogP contribution in [0.1, 0.15) is 44.6 Å². The Balaban J connectivity index is 1.70. The molecule has 2 heterocycles. The van der Waals surface area contributed by atoms with Crippen molar-refractivity contribution in [3.05, 3.63) is 46.3 Å². The summed E-state index contributed by atoms with van der Waals surface area (Å²) in [6.45, 7) is 5.77. The fourth-order valence-electron chi connectivity index (χ4n) is 2.67. The Morgan fingerprint density at radius 1 is 1.31 bits per heavy atom. The quantitative estimate of drug-likeness (QED) is 0.486. The molecule has 1 amide bonds. The number of ether oxygens (including phenoxy) is 3. The van der Waals surface area contributed by atoms with Gasteiger partial charge in [0.25, 0.3) is 5.91 Å². The highest BCUT2D eigenvalue weighted by molar-refractivity contribution is 5.97. The summed E-state index contributed by atoms with van der Waals surface area (Å²) in [5.41, 5.74) is 5.35. The molecule has 2 aromatic rings. The highest BCUT2D eigenvalue weighted by Gasteiger charge is 2.19. The minimum atomic E-state index is -0.386. The number of hydrogen-bond donors (Lipinski definition) is 2. The van der Waals surface area contributed by atoms with E-state index in [-0.39, 0.29) is 18.7 Å². The Kier molecular flexibility index (Phi) is 4.92. The number of benzene rings is 1. The number of aromatic nitrogens is 1. The second kappa shape index (κ2) is 7.30. The fraction of sp³-hybridized carbons (Fsp3) is 0.278. The summed E-state index contributed by atoms with van der Waals surface area (Å²) in [5.74, 6) is 0.361. The number of hydrogen-bond acceptors (Lipinski definition) is 6. The molecule has 1 aromatic carbocycles. The third-order valence-electron chi connectivity index (χ3n) is 3.95. The molecule has 2 N–H and O–H groups in total. The minimum absolute atomic E-state index is 0.146. The number of amides is 1. The number of nitrogens with zero attached hydrogens (tertiary/aromatic N) is 1. The van der Waals surface area contributed by atoms with Gasteiger partial charge in [0.2, 0.25) is 6.79 Å². The van der Waals surface area contributed by atoms with Crippen molar-refractivity contribution in [3.63, 3.8) is 0 Å². The molecule has 26 heavy (non-hydrogen) atoms. The average molecular weight is 357 g/mol. The van der Waals surface area contributed by atoms with E-state index in [9.17, 15) is 9.59 Å². The van der Waals surface area contributed by atoms with Gasteiger partial charge in [-0.3, -0.25) is 4.79 Å². The van der Waals surface area contributed by atoms with Crippen LogP contribution in [0.2, 0.25) is 0 Å². The second-order valence-electron chi connectivity index (χ2n) is 5.65. The van der Waals surface area contributed by atoms with Crippen molar-refractivity contribution < 1.29 is 23.8 Å². The Morgan fingerprint density at radius 2 is 2.08 bits per heavy atom. The largest absolute Gasteiger partial charge is 0.462 e. The number of rotatable bonds is 5. The maximum absolute atomic E-state index is 12.2. The van der Waals surface area contributed by atoms with Crippen LogP contribution in [0.5, 0.6) is 11.5 Å². The maximum atomic E-state index is 12.2. The summed E-state index contributed by atoms with van der Waals surface area (Å²) in [6.07, 6.45) is 1.45. The molecule has 8 nitrogen and oxygen atoms in total. The summed E-state index contributed by atoms with van der Waals surface area (Å²) in [5, 5.41) is 3.95. The summed E-state index contributed by atoms with van der Waals surface area (Å²) in [7, 11) is 0. The average Bonchev–Trinajstić information content (AvgIpc) is 3.18. The lowest BCUT2D eigenvalue weighted by atomic mass is 10.1. The molecule has 0 atom stereocenters. The van der Waals surface area contributed by atoms with Crippen molar-refractivity contribution in [1.82, 2.24) is 10.4 Å². The zero-order valence-corrected chi connectivity index (χ0v) is 14.7. The third-order valence-corrected chi connectivity index (χ3v) is 3.95. The van der Waals surface area contributed by atoms with Gasteiger partial charge in [0.1, 0.15) is 0 Å². The van der Waals surface area contributed by atoms with Gasteiger partial charge in [-0.2, -0.15) is 5.10 Å². The molecular formula is C18H19N3O5. The summed E-state index contributed by atoms with van der Waals surface area (Å²) < 4.78 is 15.5. The minimum Gasteiger partial charge on any atom is -0.462 e. The molecule has 0 bridgehead atoms. The van der Waals surface area contributed by atoms with Crippen LogP contribution in [-0.4, -0.2) is 36.5 Å². The molecule has 0 fully saturated rings. The highest BCUT2D eigenvalue weighted by Crippen LogP contribution is 2.32. The van der Waals surface area contributed by atoms with Gasteiger partial charge in [0.15, 0.2) is 11.5 Å². The van der Waals surface area contributed by atoms with E-state index >= 15 is 0 Å². The van der Waals surface area contributed by atoms with Crippen molar-refractivity contribution in [1.29, 1.82) is 0 Å². The van der Waals surface area contributed by atoms with E-state index in [0.717, 1.165) is 0 Å². The zero-order valence-electron chi connectivity index (χ0n) is 14.7. The monoisotopic (exact) mass is 357 g/mol. The van der Waals surface area contributed by atoms with Crippen molar-refractivity contribution >= 4 is 18.1 Å². The molecule has 0 radical (unpaired) electrons. The molecule has 1 aromatic heterocycles. The van der Waals surface area contributed by atoms with Crippen LogP contribution < -0.4 is 14.9 Å². The van der Waals surface area contributed by atoms with E-state index in [0.29, 0.717) is 46.2 Å². The maximum Gasteiger partial charge on any atom is 0.340 e. The highest BCUT2D eigenvalue weighted by atomic mass is 16.7. The first-order valence-electron chi connectivity index (χ1n) is 8.10. The molecule has 3 rings (SSSR count). The topological polar surface area (TPSA) is 102 Å². The standard InChI is InChI=1S/C18H19N3O5/c1-4-24-18(23)16-10(2)13(20-11(16)3)8-19-21-17(22)12-5-6-14-15(7-12)26-9-25-14/h5-8,20H,4,9H2,1-3H3,(H,21,22)/b19-8+. The van der Waals surface area contributed by atoms with Crippen molar-refractivity contribution in [3.8, 4) is 11.5 Å². The van der Waals surface area contributed by atoms with Gasteiger partial charge in [0, 0.05) is 11.3 Å². The predicted octanol–water partition coefficient (Wildman–Crippen LogP) is 2.30. The predicted molar refractivity (Wildman–Crippen MR) is 93.8 cm³/mol. The molecule has 0 saturated carbocycles. The lowest BCUT2D eigenvalue weighted by Gasteiger charge is -2.02. The molecule has 8 heteroatoms. The van der Waals surface area contributed by atoms with Gasteiger partial charge < -0.3 is 19.2 Å². The smallest absolute Gasteiger partial charge is 0.340 e. The number of nitrogens with one attached hydrogen (secondary N) is 2.